The fourth-order valence-electron chi connectivity index (χ4n) is 1.58. The number of hydrogen-bond donors (Lipinski definition) is 1. The highest BCUT2D eigenvalue weighted by atomic mass is 35.5. The van der Waals surface area contributed by atoms with Gasteiger partial charge in [0.05, 0.1) is 13.7 Å². The van der Waals surface area contributed by atoms with Gasteiger partial charge in [-0.2, -0.15) is 13.2 Å². The number of thioether (sulfide) groups is 1. The number of alkyl halides is 3. The number of halogens is 4. The number of hydrogen-bond acceptors (Lipinski definition) is 4. The molecule has 2 N–H and O–H groups in total. The van der Waals surface area contributed by atoms with Crippen LogP contribution in [0.4, 0.5) is 13.2 Å². The molecule has 0 aliphatic rings. The van der Waals surface area contributed by atoms with Gasteiger partial charge in [0.2, 0.25) is 0 Å². The second-order valence-corrected chi connectivity index (χ2v) is 5.37. The van der Waals surface area contributed by atoms with E-state index in [2.05, 4.69) is 0 Å². The third-order valence-electron chi connectivity index (χ3n) is 2.33. The summed E-state index contributed by atoms with van der Waals surface area (Å²) in [5.74, 6) is 0.584. The number of methoxy groups -OCH3 is 1. The molecule has 114 valence electrons. The zero-order valence-electron chi connectivity index (χ0n) is 10.8. The average Bonchev–Trinajstić information content (AvgIpc) is 2.35. The Hall–Kier alpha value is -0.790. The van der Waals surface area contributed by atoms with Crippen LogP contribution < -0.4 is 15.2 Å². The molecule has 8 heteroatoms. The maximum absolute atomic E-state index is 12.0. The van der Waals surface area contributed by atoms with Crippen LogP contribution in [0.2, 0.25) is 5.02 Å². The molecule has 0 aliphatic carbocycles. The first-order valence-electron chi connectivity index (χ1n) is 5.77. The molecule has 3 nitrogen and oxygen atoms in total. The third-order valence-corrected chi connectivity index (χ3v) is 3.24. The molecule has 0 aliphatic heterocycles. The van der Waals surface area contributed by atoms with Crippen molar-refractivity contribution >= 4 is 23.4 Å². The van der Waals surface area contributed by atoms with Gasteiger partial charge in [0, 0.05) is 22.4 Å². The van der Waals surface area contributed by atoms with Crippen molar-refractivity contribution in [1.29, 1.82) is 0 Å². The number of nitrogens with two attached hydrogens (primary N) is 1. The Morgan fingerprint density at radius 1 is 1.35 bits per heavy atom. The maximum atomic E-state index is 12.0. The van der Waals surface area contributed by atoms with Crippen LogP contribution >= 0.6 is 23.4 Å². The van der Waals surface area contributed by atoms with Gasteiger partial charge in [-0.15, -0.1) is 0 Å². The quantitative estimate of drug-likeness (QED) is 0.778. The topological polar surface area (TPSA) is 44.5 Å². The van der Waals surface area contributed by atoms with Crippen molar-refractivity contribution in [1.82, 2.24) is 0 Å². The molecule has 1 aromatic carbocycles. The van der Waals surface area contributed by atoms with Crippen molar-refractivity contribution in [2.75, 3.05) is 26.0 Å². The van der Waals surface area contributed by atoms with Crippen molar-refractivity contribution in [3.63, 3.8) is 0 Å². The van der Waals surface area contributed by atoms with Crippen LogP contribution in [0.5, 0.6) is 11.5 Å². The Balaban J connectivity index is 2.76. The lowest BCUT2D eigenvalue weighted by atomic mass is 10.1. The van der Waals surface area contributed by atoms with Gasteiger partial charge < -0.3 is 15.2 Å². The van der Waals surface area contributed by atoms with Crippen molar-refractivity contribution in [2.24, 2.45) is 5.73 Å². The van der Waals surface area contributed by atoms with Gasteiger partial charge in [-0.3, -0.25) is 0 Å². The number of rotatable bonds is 7. The number of ether oxygens (including phenoxy) is 2. The van der Waals surface area contributed by atoms with Crippen LogP contribution in [0.1, 0.15) is 5.56 Å². The molecule has 1 rings (SSSR count). The summed E-state index contributed by atoms with van der Waals surface area (Å²) < 4.78 is 46.6. The Bertz CT molecular complexity index is 443. The molecule has 0 atom stereocenters. The lowest BCUT2D eigenvalue weighted by Gasteiger charge is -2.15. The van der Waals surface area contributed by atoms with E-state index in [4.69, 9.17) is 26.8 Å². The Labute approximate surface area is 124 Å². The van der Waals surface area contributed by atoms with E-state index >= 15 is 0 Å². The number of benzene rings is 1. The standard InChI is InChI=1S/C12H15ClF3NO2S/c1-18-10-7-9(13)6-8(2-3-17)11(10)19-4-5-20-12(14,15)16/h6-7H,2-5,17H2,1H3. The molecule has 1 aromatic rings. The van der Waals surface area contributed by atoms with Crippen LogP contribution in [-0.2, 0) is 6.42 Å². The summed E-state index contributed by atoms with van der Waals surface area (Å²) >= 11 is 5.80. The van der Waals surface area contributed by atoms with Gasteiger partial charge in [0.1, 0.15) is 0 Å². The summed E-state index contributed by atoms with van der Waals surface area (Å²) in [7, 11) is 1.44. The van der Waals surface area contributed by atoms with Gasteiger partial charge in [-0.25, -0.2) is 0 Å². The molecule has 0 unspecified atom stereocenters. The largest absolute Gasteiger partial charge is 0.493 e. The van der Waals surface area contributed by atoms with Crippen LogP contribution in [0, 0.1) is 0 Å². The molecule has 0 heterocycles. The SMILES string of the molecule is COc1cc(Cl)cc(CCN)c1OCCSC(F)(F)F. The minimum atomic E-state index is -4.26. The second kappa shape index (κ2) is 7.85. The molecular formula is C12H15ClF3NO2S. The highest BCUT2D eigenvalue weighted by molar-refractivity contribution is 8.00. The summed E-state index contributed by atoms with van der Waals surface area (Å²) in [6, 6.07) is 3.22. The molecule has 0 fully saturated rings. The van der Waals surface area contributed by atoms with E-state index in [1.807, 2.05) is 0 Å². The third kappa shape index (κ3) is 5.68. The highest BCUT2D eigenvalue weighted by Gasteiger charge is 2.27. The van der Waals surface area contributed by atoms with Crippen molar-refractivity contribution in [3.05, 3.63) is 22.7 Å². The van der Waals surface area contributed by atoms with Crippen LogP contribution in [0.25, 0.3) is 0 Å². The Morgan fingerprint density at radius 2 is 2.05 bits per heavy atom. The molecule has 0 saturated heterocycles. The Morgan fingerprint density at radius 3 is 2.60 bits per heavy atom. The molecule has 0 bridgehead atoms. The molecule has 0 amide bonds. The van der Waals surface area contributed by atoms with E-state index < -0.39 is 5.51 Å². The minimum absolute atomic E-state index is 0.0836. The first-order valence-corrected chi connectivity index (χ1v) is 7.13. The summed E-state index contributed by atoms with van der Waals surface area (Å²) in [5, 5.41) is 0.460. The molecule has 0 radical (unpaired) electrons. The first-order chi connectivity index (χ1) is 9.37. The van der Waals surface area contributed by atoms with Crippen LogP contribution in [-0.4, -0.2) is 31.5 Å². The smallest absolute Gasteiger partial charge is 0.441 e. The lowest BCUT2D eigenvalue weighted by molar-refractivity contribution is -0.0329. The zero-order chi connectivity index (χ0) is 15.2. The fraction of sp³-hybridized carbons (Fsp3) is 0.500. The molecule has 0 saturated carbocycles. The minimum Gasteiger partial charge on any atom is -0.493 e. The summed E-state index contributed by atoms with van der Waals surface area (Å²) in [6.07, 6.45) is 0.499. The van der Waals surface area contributed by atoms with E-state index in [0.29, 0.717) is 35.1 Å². The fourth-order valence-corrected chi connectivity index (χ4v) is 2.21. The van der Waals surface area contributed by atoms with Crippen LogP contribution in [0.15, 0.2) is 12.1 Å². The van der Waals surface area contributed by atoms with Gasteiger partial charge in [-0.05, 0) is 30.8 Å². The molecule has 20 heavy (non-hydrogen) atoms. The van der Waals surface area contributed by atoms with Crippen molar-refractivity contribution in [3.8, 4) is 11.5 Å². The van der Waals surface area contributed by atoms with E-state index in [1.54, 1.807) is 12.1 Å². The van der Waals surface area contributed by atoms with E-state index in [1.165, 1.54) is 7.11 Å². The van der Waals surface area contributed by atoms with E-state index in [-0.39, 0.29) is 24.1 Å². The monoisotopic (exact) mass is 329 g/mol. The lowest BCUT2D eigenvalue weighted by Crippen LogP contribution is -2.10. The summed E-state index contributed by atoms with van der Waals surface area (Å²) in [5.41, 5.74) is 1.95. The second-order valence-electron chi connectivity index (χ2n) is 3.78. The molecular weight excluding hydrogens is 315 g/mol. The maximum Gasteiger partial charge on any atom is 0.441 e. The highest BCUT2D eigenvalue weighted by Crippen LogP contribution is 2.35. The van der Waals surface area contributed by atoms with E-state index in [9.17, 15) is 13.2 Å². The summed E-state index contributed by atoms with van der Waals surface area (Å²) in [4.78, 5) is 0. The normalized spacial score (nSPS) is 11.5. The zero-order valence-corrected chi connectivity index (χ0v) is 12.4. The predicted molar refractivity (Wildman–Crippen MR) is 74.8 cm³/mol. The molecule has 0 aromatic heterocycles. The van der Waals surface area contributed by atoms with Crippen molar-refractivity contribution in [2.45, 2.75) is 11.9 Å². The average molecular weight is 330 g/mol. The van der Waals surface area contributed by atoms with Gasteiger partial charge >= 0.3 is 5.51 Å². The van der Waals surface area contributed by atoms with Crippen molar-refractivity contribution < 1.29 is 22.6 Å². The van der Waals surface area contributed by atoms with Gasteiger partial charge in [0.15, 0.2) is 11.5 Å². The van der Waals surface area contributed by atoms with E-state index in [0.717, 1.165) is 0 Å². The van der Waals surface area contributed by atoms with Crippen LogP contribution in [0.3, 0.4) is 0 Å². The predicted octanol–water partition coefficient (Wildman–Crippen LogP) is 3.48. The van der Waals surface area contributed by atoms with Gasteiger partial charge in [0.25, 0.3) is 0 Å². The summed E-state index contributed by atoms with van der Waals surface area (Å²) in [6.45, 7) is 0.289. The first kappa shape index (κ1) is 17.3. The Kier molecular flexibility index (Phi) is 6.78. The molecule has 0 spiro atoms. The van der Waals surface area contributed by atoms with Gasteiger partial charge in [-0.1, -0.05) is 11.6 Å².